The van der Waals surface area contributed by atoms with E-state index in [0.29, 0.717) is 33.7 Å². The summed E-state index contributed by atoms with van der Waals surface area (Å²) in [7, 11) is 1.54. The maximum absolute atomic E-state index is 13.2. The average Bonchev–Trinajstić information content (AvgIpc) is 2.74. The van der Waals surface area contributed by atoms with Gasteiger partial charge >= 0.3 is 0 Å². The Bertz CT molecular complexity index is 917. The fourth-order valence-corrected chi connectivity index (χ4v) is 4.18. The zero-order chi connectivity index (χ0) is 23.1. The summed E-state index contributed by atoms with van der Waals surface area (Å²) in [5.41, 5.74) is 1.75. The summed E-state index contributed by atoms with van der Waals surface area (Å²) in [6.45, 7) is 5.92. The molecule has 0 bridgehead atoms. The second-order valence-corrected chi connectivity index (χ2v) is 9.06. The van der Waals surface area contributed by atoms with Gasteiger partial charge in [0.25, 0.3) is 5.91 Å². The quantitative estimate of drug-likeness (QED) is 0.445. The Hall–Kier alpha value is -1.76. The van der Waals surface area contributed by atoms with Crippen LogP contribution in [0.3, 0.4) is 0 Å². The van der Waals surface area contributed by atoms with Gasteiger partial charge in [0.1, 0.15) is 11.8 Å². The second kappa shape index (κ2) is 11.7. The Labute approximate surface area is 202 Å². The Morgan fingerprint density at radius 1 is 1.16 bits per heavy atom. The van der Waals surface area contributed by atoms with E-state index in [1.54, 1.807) is 25.2 Å². The molecule has 0 fully saturated rings. The van der Waals surface area contributed by atoms with Crippen LogP contribution in [-0.4, -0.2) is 36.4 Å². The molecule has 0 aliphatic carbocycles. The number of ether oxygens (including phenoxy) is 1. The lowest BCUT2D eigenvalue weighted by Crippen LogP contribution is -2.49. The van der Waals surface area contributed by atoms with Crippen LogP contribution < -0.4 is 10.1 Å². The van der Waals surface area contributed by atoms with Crippen molar-refractivity contribution in [1.82, 2.24) is 10.2 Å². The molecule has 2 rings (SSSR count). The molecule has 0 aromatic heterocycles. The first-order chi connectivity index (χ1) is 14.7. The second-order valence-electron chi connectivity index (χ2n) is 7.39. The molecule has 0 aliphatic heterocycles. The van der Waals surface area contributed by atoms with Crippen LogP contribution in [0.15, 0.2) is 40.9 Å². The number of hydrogen-bond donors (Lipinski definition) is 1. The van der Waals surface area contributed by atoms with Crippen molar-refractivity contribution in [1.29, 1.82) is 0 Å². The molecule has 0 saturated carbocycles. The van der Waals surface area contributed by atoms with E-state index in [1.165, 1.54) is 4.90 Å². The van der Waals surface area contributed by atoms with E-state index in [1.807, 2.05) is 25.1 Å². The molecule has 0 unspecified atom stereocenters. The molecular formula is C23H27BrCl2N2O3. The minimum Gasteiger partial charge on any atom is -0.483 e. The van der Waals surface area contributed by atoms with E-state index in [9.17, 15) is 9.59 Å². The lowest BCUT2D eigenvalue weighted by molar-refractivity contribution is -0.142. The van der Waals surface area contributed by atoms with Crippen molar-refractivity contribution in [2.75, 3.05) is 13.7 Å². The zero-order valence-corrected chi connectivity index (χ0v) is 21.1. The molecule has 2 amide bonds. The van der Waals surface area contributed by atoms with Crippen LogP contribution in [0.25, 0.3) is 0 Å². The Morgan fingerprint density at radius 3 is 2.32 bits per heavy atom. The summed E-state index contributed by atoms with van der Waals surface area (Å²) >= 11 is 16.1. The number of nitrogens with zero attached hydrogens (tertiary/aromatic N) is 1. The summed E-state index contributed by atoms with van der Waals surface area (Å²) in [6, 6.07) is 10.2. The molecular weight excluding hydrogens is 503 g/mol. The summed E-state index contributed by atoms with van der Waals surface area (Å²) < 4.78 is 6.55. The normalized spacial score (nSPS) is 11.9. The van der Waals surface area contributed by atoms with Gasteiger partial charge in [-0.05, 0) is 58.1 Å². The van der Waals surface area contributed by atoms with Crippen LogP contribution in [-0.2, 0) is 16.1 Å². The number of hydrogen-bond acceptors (Lipinski definition) is 3. The van der Waals surface area contributed by atoms with Gasteiger partial charge < -0.3 is 15.0 Å². The molecule has 0 radical (unpaired) electrons. The lowest BCUT2D eigenvalue weighted by Gasteiger charge is -2.30. The smallest absolute Gasteiger partial charge is 0.261 e. The van der Waals surface area contributed by atoms with Gasteiger partial charge in [-0.3, -0.25) is 9.59 Å². The summed E-state index contributed by atoms with van der Waals surface area (Å²) in [5.74, 6) is 0.329. The van der Waals surface area contributed by atoms with Crippen molar-refractivity contribution in [3.63, 3.8) is 0 Å². The van der Waals surface area contributed by atoms with Gasteiger partial charge in [0, 0.05) is 29.2 Å². The molecule has 1 atom stereocenters. The van der Waals surface area contributed by atoms with Crippen LogP contribution >= 0.6 is 39.1 Å². The van der Waals surface area contributed by atoms with Gasteiger partial charge in [0.2, 0.25) is 5.91 Å². The number of carbonyl (C=O) groups excluding carboxylic acids is 2. The third-order valence-electron chi connectivity index (χ3n) is 5.00. The molecule has 1 N–H and O–H groups in total. The molecule has 8 heteroatoms. The third-order valence-corrected chi connectivity index (χ3v) is 6.32. The topological polar surface area (TPSA) is 58.6 Å². The Morgan fingerprint density at radius 2 is 1.81 bits per heavy atom. The zero-order valence-electron chi connectivity index (χ0n) is 18.0. The first-order valence-corrected chi connectivity index (χ1v) is 11.6. The maximum atomic E-state index is 13.2. The lowest BCUT2D eigenvalue weighted by atomic mass is 10.0. The van der Waals surface area contributed by atoms with Gasteiger partial charge in [-0.25, -0.2) is 0 Å². The average molecular weight is 530 g/mol. The van der Waals surface area contributed by atoms with E-state index >= 15 is 0 Å². The molecule has 0 aliphatic rings. The minimum absolute atomic E-state index is 0.0973. The van der Waals surface area contributed by atoms with Crippen LogP contribution in [0.1, 0.15) is 44.2 Å². The first kappa shape index (κ1) is 25.5. The number of amides is 2. The van der Waals surface area contributed by atoms with E-state index in [-0.39, 0.29) is 25.0 Å². The number of nitrogens with one attached hydrogen (secondary N) is 1. The van der Waals surface area contributed by atoms with Crippen molar-refractivity contribution >= 4 is 50.9 Å². The van der Waals surface area contributed by atoms with Crippen molar-refractivity contribution in [2.24, 2.45) is 0 Å². The highest BCUT2D eigenvalue weighted by molar-refractivity contribution is 9.10. The molecule has 0 saturated heterocycles. The van der Waals surface area contributed by atoms with Gasteiger partial charge in [-0.15, -0.1) is 0 Å². The molecule has 2 aromatic carbocycles. The van der Waals surface area contributed by atoms with Gasteiger partial charge in [-0.2, -0.15) is 0 Å². The number of halogens is 3. The van der Waals surface area contributed by atoms with Crippen molar-refractivity contribution in [2.45, 2.75) is 45.7 Å². The SMILES string of the molecule is CC[C@@H](C(=O)NC)N(Cc1c(Cl)cccc1Cl)C(=O)COc1ccc(C(C)C)cc1Br. The standard InChI is InChI=1S/C23H27BrCl2N2O3/c1-5-20(23(30)27-4)28(12-16-18(25)7-6-8-19(16)26)22(29)13-31-21-10-9-15(14(2)3)11-17(21)24/h6-11,14,20H,5,12-13H2,1-4H3,(H,27,30)/t20-/m0/s1. The van der Waals surface area contributed by atoms with E-state index in [0.717, 1.165) is 10.0 Å². The van der Waals surface area contributed by atoms with E-state index in [4.69, 9.17) is 27.9 Å². The maximum Gasteiger partial charge on any atom is 0.261 e. The molecule has 0 heterocycles. The van der Waals surface area contributed by atoms with Crippen LogP contribution in [0.5, 0.6) is 5.75 Å². The summed E-state index contributed by atoms with van der Waals surface area (Å²) in [6.07, 6.45) is 0.431. The first-order valence-electron chi connectivity index (χ1n) is 10.1. The summed E-state index contributed by atoms with van der Waals surface area (Å²) in [5, 5.41) is 3.49. The van der Waals surface area contributed by atoms with E-state index in [2.05, 4.69) is 35.1 Å². The van der Waals surface area contributed by atoms with Crippen molar-refractivity contribution in [3.8, 4) is 5.75 Å². The van der Waals surface area contributed by atoms with Crippen LogP contribution in [0.4, 0.5) is 0 Å². The third kappa shape index (κ3) is 6.61. The highest BCUT2D eigenvalue weighted by atomic mass is 79.9. The molecule has 2 aromatic rings. The monoisotopic (exact) mass is 528 g/mol. The fourth-order valence-electron chi connectivity index (χ4n) is 3.16. The van der Waals surface area contributed by atoms with Gasteiger partial charge in [0.05, 0.1) is 4.47 Å². The molecule has 0 spiro atoms. The predicted octanol–water partition coefficient (Wildman–Crippen LogP) is 5.81. The van der Waals surface area contributed by atoms with Crippen molar-refractivity contribution in [3.05, 3.63) is 62.0 Å². The predicted molar refractivity (Wildman–Crippen MR) is 129 cm³/mol. The van der Waals surface area contributed by atoms with Crippen LogP contribution in [0.2, 0.25) is 10.0 Å². The Kier molecular flexibility index (Phi) is 9.66. The molecule has 31 heavy (non-hydrogen) atoms. The summed E-state index contributed by atoms with van der Waals surface area (Å²) in [4.78, 5) is 27.1. The number of carbonyl (C=O) groups is 2. The molecule has 5 nitrogen and oxygen atoms in total. The van der Waals surface area contributed by atoms with E-state index < -0.39 is 6.04 Å². The van der Waals surface area contributed by atoms with Crippen molar-refractivity contribution < 1.29 is 14.3 Å². The fraction of sp³-hybridized carbons (Fsp3) is 0.391. The Balaban J connectivity index is 2.26. The molecule has 168 valence electrons. The number of likely N-dealkylation sites (N-methyl/N-ethyl adjacent to an activating group) is 1. The number of benzene rings is 2. The number of rotatable bonds is 9. The minimum atomic E-state index is -0.680. The van der Waals surface area contributed by atoms with Crippen LogP contribution in [0, 0.1) is 0 Å². The largest absolute Gasteiger partial charge is 0.483 e. The highest BCUT2D eigenvalue weighted by Crippen LogP contribution is 2.30. The van der Waals surface area contributed by atoms with Gasteiger partial charge in [0.15, 0.2) is 6.61 Å². The highest BCUT2D eigenvalue weighted by Gasteiger charge is 2.29. The van der Waals surface area contributed by atoms with Gasteiger partial charge in [-0.1, -0.05) is 56.1 Å².